The van der Waals surface area contributed by atoms with Gasteiger partial charge in [-0.25, -0.2) is 8.42 Å². The molecule has 3 fully saturated rings. The molecule has 1 aromatic carbocycles. The third kappa shape index (κ3) is 3.12. The topological polar surface area (TPSA) is 54.5 Å². The number of benzene rings is 1. The molecule has 1 aliphatic heterocycles. The van der Waals surface area contributed by atoms with E-state index >= 15 is 0 Å². The zero-order valence-corrected chi connectivity index (χ0v) is 15.5. The predicted molar refractivity (Wildman–Crippen MR) is 96.9 cm³/mol. The molecule has 1 unspecified atom stereocenters. The first-order valence-corrected chi connectivity index (χ1v) is 11.1. The first kappa shape index (κ1) is 17.1. The second-order valence-electron chi connectivity index (χ2n) is 8.18. The van der Waals surface area contributed by atoms with E-state index in [0.717, 1.165) is 12.8 Å². The number of amides is 1. The quantitative estimate of drug-likeness (QED) is 0.829. The Kier molecular flexibility index (Phi) is 4.38. The maximum atomic E-state index is 12.9. The zero-order valence-electron chi connectivity index (χ0n) is 14.7. The normalized spacial score (nSPS) is 26.6. The summed E-state index contributed by atoms with van der Waals surface area (Å²) in [5.41, 5.74) is 0.557. The summed E-state index contributed by atoms with van der Waals surface area (Å²) < 4.78 is 25.5. The van der Waals surface area contributed by atoms with Crippen molar-refractivity contribution < 1.29 is 13.2 Å². The fourth-order valence-electron chi connectivity index (χ4n) is 4.90. The standard InChI is InChI=1S/C20H27NO3S/c22-19(16-7-12-20(13-8-16)10-4-11-20)21-14-9-18(15-21)25(23,24)17-5-2-1-3-6-17/h1-3,5-6,16,18H,4,7-15H2. The van der Waals surface area contributed by atoms with Crippen LogP contribution in [0.5, 0.6) is 0 Å². The molecule has 0 radical (unpaired) electrons. The van der Waals surface area contributed by atoms with Crippen LogP contribution in [0.15, 0.2) is 35.2 Å². The van der Waals surface area contributed by atoms with Crippen molar-refractivity contribution in [1.82, 2.24) is 4.90 Å². The molecule has 2 aliphatic carbocycles. The summed E-state index contributed by atoms with van der Waals surface area (Å²) in [5.74, 6) is 0.310. The molecular weight excluding hydrogens is 334 g/mol. The van der Waals surface area contributed by atoms with Crippen molar-refractivity contribution in [2.45, 2.75) is 61.5 Å². The lowest BCUT2D eigenvalue weighted by atomic mass is 9.59. The summed E-state index contributed by atoms with van der Waals surface area (Å²) in [7, 11) is -3.34. The Balaban J connectivity index is 1.38. The Morgan fingerprint density at radius 2 is 1.68 bits per heavy atom. The maximum absolute atomic E-state index is 12.9. The van der Waals surface area contributed by atoms with Crippen molar-refractivity contribution >= 4 is 15.7 Å². The third-order valence-corrected chi connectivity index (χ3v) is 8.97. The van der Waals surface area contributed by atoms with Crippen molar-refractivity contribution in [1.29, 1.82) is 0 Å². The highest BCUT2D eigenvalue weighted by atomic mass is 32.2. The van der Waals surface area contributed by atoms with Crippen LogP contribution < -0.4 is 0 Å². The minimum Gasteiger partial charge on any atom is -0.341 e. The van der Waals surface area contributed by atoms with E-state index in [-0.39, 0.29) is 11.8 Å². The summed E-state index contributed by atoms with van der Waals surface area (Å²) in [6, 6.07) is 8.63. The summed E-state index contributed by atoms with van der Waals surface area (Å²) in [4.78, 5) is 15.0. The molecule has 25 heavy (non-hydrogen) atoms. The maximum Gasteiger partial charge on any atom is 0.225 e. The molecule has 1 atom stereocenters. The molecular formula is C20H27NO3S. The monoisotopic (exact) mass is 361 g/mol. The van der Waals surface area contributed by atoms with E-state index < -0.39 is 15.1 Å². The first-order chi connectivity index (χ1) is 12.0. The smallest absolute Gasteiger partial charge is 0.225 e. The van der Waals surface area contributed by atoms with E-state index in [0.29, 0.717) is 29.8 Å². The lowest BCUT2D eigenvalue weighted by Gasteiger charge is -2.47. The molecule has 4 rings (SSSR count). The van der Waals surface area contributed by atoms with E-state index in [1.807, 2.05) is 11.0 Å². The highest BCUT2D eigenvalue weighted by molar-refractivity contribution is 7.92. The fourth-order valence-corrected chi connectivity index (χ4v) is 6.61. The fraction of sp³-hybridized carbons (Fsp3) is 0.650. The van der Waals surface area contributed by atoms with Crippen LogP contribution in [0.3, 0.4) is 0 Å². The van der Waals surface area contributed by atoms with Crippen molar-refractivity contribution in [3.8, 4) is 0 Å². The van der Waals surface area contributed by atoms with Gasteiger partial charge in [-0.1, -0.05) is 24.6 Å². The van der Waals surface area contributed by atoms with E-state index in [2.05, 4.69) is 0 Å². The number of rotatable bonds is 3. The highest BCUT2D eigenvalue weighted by Crippen LogP contribution is 2.52. The number of nitrogens with zero attached hydrogens (tertiary/aromatic N) is 1. The molecule has 0 N–H and O–H groups in total. The molecule has 1 spiro atoms. The van der Waals surface area contributed by atoms with Gasteiger partial charge in [0.15, 0.2) is 9.84 Å². The van der Waals surface area contributed by atoms with Crippen LogP contribution in [0.25, 0.3) is 0 Å². The van der Waals surface area contributed by atoms with Gasteiger partial charge in [0.05, 0.1) is 10.1 Å². The zero-order chi connectivity index (χ0) is 17.5. The highest BCUT2D eigenvalue weighted by Gasteiger charge is 2.43. The predicted octanol–water partition coefficient (Wildman–Crippen LogP) is 3.42. The summed E-state index contributed by atoms with van der Waals surface area (Å²) in [5, 5.41) is -0.458. The van der Waals surface area contributed by atoms with Crippen molar-refractivity contribution in [3.63, 3.8) is 0 Å². The number of sulfone groups is 1. The molecule has 5 heteroatoms. The lowest BCUT2D eigenvalue weighted by molar-refractivity contribution is -0.136. The summed E-state index contributed by atoms with van der Waals surface area (Å²) in [6.07, 6.45) is 8.94. The number of hydrogen-bond acceptors (Lipinski definition) is 3. The van der Waals surface area contributed by atoms with Gasteiger partial charge >= 0.3 is 0 Å². The molecule has 4 nitrogen and oxygen atoms in total. The van der Waals surface area contributed by atoms with Crippen LogP contribution in [0.1, 0.15) is 51.4 Å². The van der Waals surface area contributed by atoms with E-state index in [9.17, 15) is 13.2 Å². The Labute approximate surface area is 150 Å². The Morgan fingerprint density at radius 1 is 1.00 bits per heavy atom. The SMILES string of the molecule is O=C(C1CCC2(CCC2)CC1)N1CCC(S(=O)(=O)c2ccccc2)C1. The lowest BCUT2D eigenvalue weighted by Crippen LogP contribution is -2.41. The molecule has 1 heterocycles. The number of hydrogen-bond donors (Lipinski definition) is 0. The van der Waals surface area contributed by atoms with Crippen LogP contribution in [0.4, 0.5) is 0 Å². The summed E-state index contributed by atoms with van der Waals surface area (Å²) >= 11 is 0. The van der Waals surface area contributed by atoms with Gasteiger partial charge in [-0.15, -0.1) is 0 Å². The Morgan fingerprint density at radius 3 is 2.28 bits per heavy atom. The Bertz CT molecular complexity index is 729. The van der Waals surface area contributed by atoms with Gasteiger partial charge in [0.2, 0.25) is 5.91 Å². The molecule has 1 saturated heterocycles. The van der Waals surface area contributed by atoms with Gasteiger partial charge in [0, 0.05) is 19.0 Å². The van der Waals surface area contributed by atoms with Crippen LogP contribution in [0.2, 0.25) is 0 Å². The average molecular weight is 362 g/mol. The van der Waals surface area contributed by atoms with Gasteiger partial charge in [0.1, 0.15) is 0 Å². The minimum atomic E-state index is -3.34. The van der Waals surface area contributed by atoms with Gasteiger partial charge in [-0.3, -0.25) is 4.79 Å². The van der Waals surface area contributed by atoms with Crippen LogP contribution >= 0.6 is 0 Å². The first-order valence-electron chi connectivity index (χ1n) is 9.58. The molecule has 3 aliphatic rings. The van der Waals surface area contributed by atoms with Gasteiger partial charge in [-0.2, -0.15) is 0 Å². The van der Waals surface area contributed by atoms with Gasteiger partial charge in [-0.05, 0) is 62.5 Å². The second-order valence-corrected chi connectivity index (χ2v) is 10.4. The van der Waals surface area contributed by atoms with Gasteiger partial charge < -0.3 is 4.90 Å². The molecule has 2 saturated carbocycles. The third-order valence-electron chi connectivity index (χ3n) is 6.78. The van der Waals surface area contributed by atoms with E-state index in [1.165, 1.54) is 32.1 Å². The van der Waals surface area contributed by atoms with Crippen molar-refractivity contribution in [3.05, 3.63) is 30.3 Å². The molecule has 1 aromatic rings. The van der Waals surface area contributed by atoms with Gasteiger partial charge in [0.25, 0.3) is 0 Å². The van der Waals surface area contributed by atoms with E-state index in [4.69, 9.17) is 0 Å². The number of likely N-dealkylation sites (tertiary alicyclic amines) is 1. The van der Waals surface area contributed by atoms with Crippen molar-refractivity contribution in [2.24, 2.45) is 11.3 Å². The van der Waals surface area contributed by atoms with Crippen LogP contribution in [-0.4, -0.2) is 37.6 Å². The number of carbonyl (C=O) groups is 1. The second kappa shape index (κ2) is 6.42. The Hall–Kier alpha value is -1.36. The molecule has 1 amide bonds. The van der Waals surface area contributed by atoms with Crippen LogP contribution in [0, 0.1) is 11.3 Å². The van der Waals surface area contributed by atoms with E-state index in [1.54, 1.807) is 24.3 Å². The summed E-state index contributed by atoms with van der Waals surface area (Å²) in [6.45, 7) is 0.939. The molecule has 0 aromatic heterocycles. The van der Waals surface area contributed by atoms with Crippen LogP contribution in [-0.2, 0) is 14.6 Å². The largest absolute Gasteiger partial charge is 0.341 e. The number of carbonyl (C=O) groups excluding carboxylic acids is 1. The molecule has 136 valence electrons. The average Bonchev–Trinajstić information content (AvgIpc) is 3.11. The minimum absolute atomic E-state index is 0.115. The van der Waals surface area contributed by atoms with Crippen molar-refractivity contribution in [2.75, 3.05) is 13.1 Å². The molecule has 0 bridgehead atoms.